The van der Waals surface area contributed by atoms with Crippen molar-refractivity contribution in [3.63, 3.8) is 0 Å². The number of rotatable bonds is 7. The van der Waals surface area contributed by atoms with Crippen molar-refractivity contribution in [1.82, 2.24) is 25.3 Å². The molecule has 1 aliphatic heterocycles. The van der Waals surface area contributed by atoms with Crippen LogP contribution < -0.4 is 10.6 Å². The molecule has 1 aromatic heterocycles. The first-order valence-electron chi connectivity index (χ1n) is 8.68. The second-order valence-electron chi connectivity index (χ2n) is 6.38. The molecule has 6 nitrogen and oxygen atoms in total. The van der Waals surface area contributed by atoms with E-state index in [1.165, 1.54) is 4.90 Å². The number of aromatic nitrogens is 2. The van der Waals surface area contributed by atoms with Crippen LogP contribution in [0, 0.1) is 6.92 Å². The zero-order valence-electron chi connectivity index (χ0n) is 14.8. The Morgan fingerprint density at radius 3 is 2.88 bits per heavy atom. The maximum absolute atomic E-state index is 12.5. The van der Waals surface area contributed by atoms with Gasteiger partial charge in [-0.2, -0.15) is 18.3 Å². The fourth-order valence-corrected chi connectivity index (χ4v) is 2.87. The van der Waals surface area contributed by atoms with Crippen molar-refractivity contribution in [3.8, 4) is 0 Å². The van der Waals surface area contributed by atoms with E-state index in [0.717, 1.165) is 18.5 Å². The number of nitrogens with one attached hydrogen (secondary N) is 2. The van der Waals surface area contributed by atoms with Gasteiger partial charge in [0.15, 0.2) is 5.96 Å². The van der Waals surface area contributed by atoms with Crippen LogP contribution in [0.25, 0.3) is 0 Å². The highest BCUT2D eigenvalue weighted by molar-refractivity contribution is 5.80. The van der Waals surface area contributed by atoms with Crippen LogP contribution in [0.1, 0.15) is 25.3 Å². The first-order valence-corrected chi connectivity index (χ1v) is 8.68. The largest absolute Gasteiger partial charge is 0.401 e. The SMILES string of the molecule is CCNC(=NCCCn1cc(C)cn1)NC1CCN(CC(F)(F)F)C1. The third kappa shape index (κ3) is 7.33. The second kappa shape index (κ2) is 9.07. The zero-order chi connectivity index (χ0) is 18.3. The number of guanidine groups is 1. The lowest BCUT2D eigenvalue weighted by Crippen LogP contribution is -2.45. The summed E-state index contributed by atoms with van der Waals surface area (Å²) in [5, 5.41) is 10.6. The van der Waals surface area contributed by atoms with Gasteiger partial charge in [-0.25, -0.2) is 0 Å². The molecular weight excluding hydrogens is 333 g/mol. The maximum Gasteiger partial charge on any atom is 0.401 e. The number of hydrogen-bond donors (Lipinski definition) is 2. The van der Waals surface area contributed by atoms with E-state index in [9.17, 15) is 13.2 Å². The van der Waals surface area contributed by atoms with Crippen molar-refractivity contribution in [3.05, 3.63) is 18.0 Å². The fourth-order valence-electron chi connectivity index (χ4n) is 2.87. The number of aryl methyl sites for hydroxylation is 2. The Balaban J connectivity index is 1.75. The summed E-state index contributed by atoms with van der Waals surface area (Å²) in [6, 6.07) is -0.00563. The average Bonchev–Trinajstić information content (AvgIpc) is 3.11. The summed E-state index contributed by atoms with van der Waals surface area (Å²) in [6.45, 7) is 6.09. The normalized spacial score (nSPS) is 19.4. The van der Waals surface area contributed by atoms with Crippen LogP contribution in [0.2, 0.25) is 0 Å². The summed E-state index contributed by atoms with van der Waals surface area (Å²) in [5.74, 6) is 0.665. The van der Waals surface area contributed by atoms with Gasteiger partial charge in [0.2, 0.25) is 0 Å². The fraction of sp³-hybridized carbons (Fsp3) is 0.750. The number of alkyl halides is 3. The maximum atomic E-state index is 12.5. The van der Waals surface area contributed by atoms with Gasteiger partial charge < -0.3 is 10.6 Å². The summed E-state index contributed by atoms with van der Waals surface area (Å²) in [7, 11) is 0. The topological polar surface area (TPSA) is 57.5 Å². The highest BCUT2D eigenvalue weighted by Crippen LogP contribution is 2.19. The molecule has 1 fully saturated rings. The molecule has 0 aliphatic carbocycles. The first kappa shape index (κ1) is 19.6. The molecule has 9 heteroatoms. The molecule has 142 valence electrons. The monoisotopic (exact) mass is 360 g/mol. The first-order chi connectivity index (χ1) is 11.9. The molecule has 2 N–H and O–H groups in total. The Morgan fingerprint density at radius 1 is 1.44 bits per heavy atom. The van der Waals surface area contributed by atoms with Crippen molar-refractivity contribution in [2.24, 2.45) is 4.99 Å². The molecule has 1 unspecified atom stereocenters. The molecule has 1 aliphatic rings. The van der Waals surface area contributed by atoms with Crippen LogP contribution in [0.5, 0.6) is 0 Å². The van der Waals surface area contributed by atoms with E-state index in [4.69, 9.17) is 0 Å². The van der Waals surface area contributed by atoms with Gasteiger partial charge in [0.25, 0.3) is 0 Å². The van der Waals surface area contributed by atoms with Crippen molar-refractivity contribution in [2.75, 3.05) is 32.7 Å². The zero-order valence-corrected chi connectivity index (χ0v) is 14.8. The van der Waals surface area contributed by atoms with E-state index in [0.29, 0.717) is 38.6 Å². The minimum atomic E-state index is -4.14. The molecule has 1 saturated heterocycles. The Hall–Kier alpha value is -1.77. The summed E-state index contributed by atoms with van der Waals surface area (Å²) in [5.41, 5.74) is 1.13. The summed E-state index contributed by atoms with van der Waals surface area (Å²) >= 11 is 0. The van der Waals surface area contributed by atoms with Crippen LogP contribution in [0.4, 0.5) is 13.2 Å². The van der Waals surface area contributed by atoms with Crippen LogP contribution in [0.15, 0.2) is 17.4 Å². The summed E-state index contributed by atoms with van der Waals surface area (Å²) < 4.78 is 39.3. The number of hydrogen-bond acceptors (Lipinski definition) is 3. The van der Waals surface area contributed by atoms with Gasteiger partial charge in [0.05, 0.1) is 12.7 Å². The molecule has 1 aromatic rings. The number of nitrogens with zero attached hydrogens (tertiary/aromatic N) is 4. The summed E-state index contributed by atoms with van der Waals surface area (Å²) in [4.78, 5) is 5.94. The molecule has 0 aromatic carbocycles. The second-order valence-corrected chi connectivity index (χ2v) is 6.38. The minimum absolute atomic E-state index is 0.00563. The van der Waals surface area contributed by atoms with Crippen LogP contribution >= 0.6 is 0 Å². The molecular formula is C16H27F3N6. The quantitative estimate of drug-likeness (QED) is 0.442. The van der Waals surface area contributed by atoms with Crippen molar-refractivity contribution in [2.45, 2.75) is 45.5 Å². The van der Waals surface area contributed by atoms with E-state index in [-0.39, 0.29) is 6.04 Å². The molecule has 0 radical (unpaired) electrons. The highest BCUT2D eigenvalue weighted by Gasteiger charge is 2.34. The Morgan fingerprint density at radius 2 is 2.24 bits per heavy atom. The third-order valence-electron chi connectivity index (χ3n) is 3.94. The third-order valence-corrected chi connectivity index (χ3v) is 3.94. The van der Waals surface area contributed by atoms with Crippen molar-refractivity contribution >= 4 is 5.96 Å². The van der Waals surface area contributed by atoms with E-state index >= 15 is 0 Å². The van der Waals surface area contributed by atoms with E-state index < -0.39 is 12.7 Å². The van der Waals surface area contributed by atoms with Crippen LogP contribution in [-0.2, 0) is 6.54 Å². The molecule has 2 rings (SSSR count). The van der Waals surface area contributed by atoms with Crippen LogP contribution in [-0.4, -0.2) is 65.6 Å². The Kier molecular flexibility index (Phi) is 7.10. The molecule has 0 bridgehead atoms. The van der Waals surface area contributed by atoms with Gasteiger partial charge in [-0.15, -0.1) is 0 Å². The van der Waals surface area contributed by atoms with Gasteiger partial charge in [0, 0.05) is 45.0 Å². The Bertz CT molecular complexity index is 554. The summed E-state index contributed by atoms with van der Waals surface area (Å²) in [6.07, 6.45) is 1.20. The van der Waals surface area contributed by atoms with Gasteiger partial charge in [-0.05, 0) is 32.3 Å². The smallest absolute Gasteiger partial charge is 0.357 e. The molecule has 0 spiro atoms. The Labute approximate surface area is 146 Å². The van der Waals surface area contributed by atoms with Gasteiger partial charge in [-0.3, -0.25) is 14.6 Å². The predicted molar refractivity (Wildman–Crippen MR) is 91.6 cm³/mol. The molecule has 25 heavy (non-hydrogen) atoms. The lowest BCUT2D eigenvalue weighted by molar-refractivity contribution is -0.143. The van der Waals surface area contributed by atoms with Crippen LogP contribution in [0.3, 0.4) is 0 Å². The molecule has 0 amide bonds. The van der Waals surface area contributed by atoms with Gasteiger partial charge in [0.1, 0.15) is 0 Å². The van der Waals surface area contributed by atoms with Gasteiger partial charge in [-0.1, -0.05) is 0 Å². The minimum Gasteiger partial charge on any atom is -0.357 e. The molecule has 1 atom stereocenters. The van der Waals surface area contributed by atoms with Crippen molar-refractivity contribution in [1.29, 1.82) is 0 Å². The van der Waals surface area contributed by atoms with Crippen molar-refractivity contribution < 1.29 is 13.2 Å². The number of likely N-dealkylation sites (tertiary alicyclic amines) is 1. The predicted octanol–water partition coefficient (Wildman–Crippen LogP) is 1.77. The molecule has 0 saturated carbocycles. The number of aliphatic imine (C=N–C) groups is 1. The van der Waals surface area contributed by atoms with E-state index in [1.54, 1.807) is 0 Å². The standard InChI is InChI=1S/C16H27F3N6/c1-3-20-15(21-6-4-7-25-10-13(2)9-22-25)23-14-5-8-24(11-14)12-16(17,18)19/h9-10,14H,3-8,11-12H2,1-2H3,(H2,20,21,23). The van der Waals surface area contributed by atoms with E-state index in [1.807, 2.05) is 30.9 Å². The highest BCUT2D eigenvalue weighted by atomic mass is 19.4. The average molecular weight is 360 g/mol. The molecule has 2 heterocycles. The van der Waals surface area contributed by atoms with E-state index in [2.05, 4.69) is 20.7 Å². The lowest BCUT2D eigenvalue weighted by atomic mass is 10.3. The van der Waals surface area contributed by atoms with Gasteiger partial charge >= 0.3 is 6.18 Å². The lowest BCUT2D eigenvalue weighted by Gasteiger charge is -2.19. The number of halogens is 3.